The number of hydrogen-bond donors (Lipinski definition) is 2. The van der Waals surface area contributed by atoms with Crippen molar-refractivity contribution in [2.45, 2.75) is 27.7 Å². The molecule has 0 saturated carbocycles. The summed E-state index contributed by atoms with van der Waals surface area (Å²) in [4.78, 5) is 30.6. The van der Waals surface area contributed by atoms with Crippen molar-refractivity contribution in [2.24, 2.45) is 0 Å². The SMILES string of the molecule is CCN(CC)C(=O)c1cccc(-c2ncc(Nc3ccc(C)cc3C(=O)O)cc2C)c1. The first kappa shape index (κ1) is 22.0. The fourth-order valence-corrected chi connectivity index (χ4v) is 3.54. The Kier molecular flexibility index (Phi) is 6.70. The summed E-state index contributed by atoms with van der Waals surface area (Å²) in [6.07, 6.45) is 1.67. The van der Waals surface area contributed by atoms with E-state index in [1.807, 2.05) is 64.1 Å². The van der Waals surface area contributed by atoms with E-state index in [9.17, 15) is 14.7 Å². The van der Waals surface area contributed by atoms with Crippen LogP contribution in [-0.2, 0) is 0 Å². The molecule has 0 bridgehead atoms. The van der Waals surface area contributed by atoms with E-state index in [-0.39, 0.29) is 11.5 Å². The van der Waals surface area contributed by atoms with E-state index in [0.717, 1.165) is 22.4 Å². The topological polar surface area (TPSA) is 82.5 Å². The van der Waals surface area contributed by atoms with Gasteiger partial charge in [0.2, 0.25) is 0 Å². The number of carbonyl (C=O) groups excluding carboxylic acids is 1. The van der Waals surface area contributed by atoms with Crippen molar-refractivity contribution >= 4 is 23.3 Å². The Balaban J connectivity index is 1.90. The number of amides is 1. The summed E-state index contributed by atoms with van der Waals surface area (Å²) in [7, 11) is 0. The molecule has 0 aliphatic heterocycles. The third kappa shape index (κ3) is 4.91. The standard InChI is InChI=1S/C25H27N3O3/c1-5-28(6-2)24(29)19-9-7-8-18(14-19)23-17(4)13-20(15-26-23)27-22-11-10-16(3)12-21(22)25(30)31/h7-15,27H,5-6H2,1-4H3,(H,30,31). The second-order valence-corrected chi connectivity index (χ2v) is 7.43. The van der Waals surface area contributed by atoms with Crippen molar-refractivity contribution in [1.82, 2.24) is 9.88 Å². The molecule has 0 fully saturated rings. The van der Waals surface area contributed by atoms with Crippen molar-refractivity contribution in [1.29, 1.82) is 0 Å². The van der Waals surface area contributed by atoms with Crippen molar-refractivity contribution in [3.63, 3.8) is 0 Å². The number of anilines is 2. The molecule has 2 aromatic carbocycles. The Labute approximate surface area is 182 Å². The van der Waals surface area contributed by atoms with Gasteiger partial charge in [-0.05, 0) is 63.6 Å². The number of nitrogens with zero attached hydrogens (tertiary/aromatic N) is 2. The van der Waals surface area contributed by atoms with Crippen LogP contribution in [0.4, 0.5) is 11.4 Å². The molecule has 2 N–H and O–H groups in total. The highest BCUT2D eigenvalue weighted by molar-refractivity contribution is 5.96. The number of aromatic nitrogens is 1. The number of carbonyl (C=O) groups is 2. The lowest BCUT2D eigenvalue weighted by atomic mass is 10.0. The second kappa shape index (κ2) is 9.43. The molecule has 0 spiro atoms. The molecule has 6 heteroatoms. The second-order valence-electron chi connectivity index (χ2n) is 7.43. The molecule has 1 aromatic heterocycles. The highest BCUT2D eigenvalue weighted by atomic mass is 16.4. The Hall–Kier alpha value is -3.67. The van der Waals surface area contributed by atoms with E-state index in [0.29, 0.717) is 30.0 Å². The maximum atomic E-state index is 12.7. The van der Waals surface area contributed by atoms with E-state index >= 15 is 0 Å². The first-order valence-corrected chi connectivity index (χ1v) is 10.3. The Morgan fingerprint density at radius 1 is 1.03 bits per heavy atom. The predicted molar refractivity (Wildman–Crippen MR) is 123 cm³/mol. The number of hydrogen-bond acceptors (Lipinski definition) is 4. The van der Waals surface area contributed by atoms with Gasteiger partial charge in [0.15, 0.2) is 0 Å². The zero-order valence-electron chi connectivity index (χ0n) is 18.3. The van der Waals surface area contributed by atoms with E-state index < -0.39 is 5.97 Å². The summed E-state index contributed by atoms with van der Waals surface area (Å²) in [5.74, 6) is -0.981. The van der Waals surface area contributed by atoms with Crippen LogP contribution in [-0.4, -0.2) is 40.0 Å². The van der Waals surface area contributed by atoms with Crippen molar-refractivity contribution in [3.8, 4) is 11.3 Å². The normalized spacial score (nSPS) is 10.6. The minimum Gasteiger partial charge on any atom is -0.478 e. The largest absolute Gasteiger partial charge is 0.478 e. The first-order chi connectivity index (χ1) is 14.8. The predicted octanol–water partition coefficient (Wildman–Crippen LogP) is 5.29. The minimum atomic E-state index is -0.984. The smallest absolute Gasteiger partial charge is 0.337 e. The van der Waals surface area contributed by atoms with Crippen LogP contribution in [0.1, 0.15) is 45.7 Å². The summed E-state index contributed by atoms with van der Waals surface area (Å²) < 4.78 is 0. The molecule has 0 aliphatic carbocycles. The van der Waals surface area contributed by atoms with Crippen molar-refractivity contribution in [3.05, 3.63) is 77.0 Å². The minimum absolute atomic E-state index is 0.00311. The number of aryl methyl sites for hydroxylation is 2. The highest BCUT2D eigenvalue weighted by Gasteiger charge is 2.15. The Morgan fingerprint density at radius 3 is 2.42 bits per heavy atom. The average Bonchev–Trinajstić information content (AvgIpc) is 2.76. The number of carboxylic acid groups (broad SMARTS) is 1. The van der Waals surface area contributed by atoms with Crippen molar-refractivity contribution < 1.29 is 14.7 Å². The highest BCUT2D eigenvalue weighted by Crippen LogP contribution is 2.27. The molecule has 0 aliphatic rings. The molecule has 6 nitrogen and oxygen atoms in total. The van der Waals surface area contributed by atoms with E-state index in [1.54, 1.807) is 23.2 Å². The fourth-order valence-electron chi connectivity index (χ4n) is 3.54. The van der Waals surface area contributed by atoms with Crippen LogP contribution in [0.15, 0.2) is 54.7 Å². The van der Waals surface area contributed by atoms with Crippen LogP contribution in [0.25, 0.3) is 11.3 Å². The lowest BCUT2D eigenvalue weighted by Crippen LogP contribution is -2.30. The molecular weight excluding hydrogens is 390 g/mol. The van der Waals surface area contributed by atoms with Gasteiger partial charge in [0, 0.05) is 24.2 Å². The zero-order chi connectivity index (χ0) is 22.5. The number of benzene rings is 2. The van der Waals surface area contributed by atoms with Crippen molar-refractivity contribution in [2.75, 3.05) is 18.4 Å². The van der Waals surface area contributed by atoms with Crippen LogP contribution in [0.5, 0.6) is 0 Å². The van der Waals surface area contributed by atoms with Gasteiger partial charge in [-0.3, -0.25) is 9.78 Å². The van der Waals surface area contributed by atoms with E-state index in [4.69, 9.17) is 0 Å². The molecule has 31 heavy (non-hydrogen) atoms. The number of carboxylic acids is 1. The molecule has 0 unspecified atom stereocenters. The van der Waals surface area contributed by atoms with Crippen LogP contribution in [0.3, 0.4) is 0 Å². The number of rotatable bonds is 7. The molecule has 3 aromatic rings. The van der Waals surface area contributed by atoms with Gasteiger partial charge in [0.25, 0.3) is 5.91 Å². The number of nitrogens with one attached hydrogen (secondary N) is 1. The molecular formula is C25H27N3O3. The zero-order valence-corrected chi connectivity index (χ0v) is 18.3. The van der Waals surface area contributed by atoms with Gasteiger partial charge in [-0.15, -0.1) is 0 Å². The molecule has 0 radical (unpaired) electrons. The van der Waals surface area contributed by atoms with Crippen LogP contribution in [0.2, 0.25) is 0 Å². The van der Waals surface area contributed by atoms with Gasteiger partial charge in [-0.1, -0.05) is 23.8 Å². The molecule has 0 atom stereocenters. The third-order valence-corrected chi connectivity index (χ3v) is 5.20. The first-order valence-electron chi connectivity index (χ1n) is 10.3. The lowest BCUT2D eigenvalue weighted by Gasteiger charge is -2.19. The van der Waals surface area contributed by atoms with Gasteiger partial charge in [0.1, 0.15) is 0 Å². The lowest BCUT2D eigenvalue weighted by molar-refractivity contribution is 0.0696. The average molecular weight is 418 g/mol. The van der Waals surface area contributed by atoms with Gasteiger partial charge < -0.3 is 15.3 Å². The third-order valence-electron chi connectivity index (χ3n) is 5.20. The van der Waals surface area contributed by atoms with Crippen LogP contribution >= 0.6 is 0 Å². The Morgan fingerprint density at radius 2 is 1.77 bits per heavy atom. The maximum absolute atomic E-state index is 12.7. The molecule has 160 valence electrons. The van der Waals surface area contributed by atoms with Gasteiger partial charge in [-0.25, -0.2) is 4.79 Å². The fraction of sp³-hybridized carbons (Fsp3) is 0.240. The molecule has 1 amide bonds. The summed E-state index contributed by atoms with van der Waals surface area (Å²) in [5, 5.41) is 12.6. The monoisotopic (exact) mass is 417 g/mol. The number of aromatic carboxylic acids is 1. The van der Waals surface area contributed by atoms with Gasteiger partial charge in [0.05, 0.1) is 28.8 Å². The summed E-state index contributed by atoms with van der Waals surface area (Å²) in [6.45, 7) is 9.05. The molecule has 1 heterocycles. The van der Waals surface area contributed by atoms with Crippen LogP contribution in [0, 0.1) is 13.8 Å². The number of pyridine rings is 1. The van der Waals surface area contributed by atoms with Gasteiger partial charge in [-0.2, -0.15) is 0 Å². The van der Waals surface area contributed by atoms with Crippen LogP contribution < -0.4 is 5.32 Å². The molecule has 0 saturated heterocycles. The Bertz CT molecular complexity index is 1120. The maximum Gasteiger partial charge on any atom is 0.337 e. The summed E-state index contributed by atoms with van der Waals surface area (Å²) in [6, 6.07) is 14.7. The summed E-state index contributed by atoms with van der Waals surface area (Å²) in [5.41, 5.74) is 5.50. The summed E-state index contributed by atoms with van der Waals surface area (Å²) >= 11 is 0. The quantitative estimate of drug-likeness (QED) is 0.546. The van der Waals surface area contributed by atoms with E-state index in [1.165, 1.54) is 0 Å². The van der Waals surface area contributed by atoms with E-state index in [2.05, 4.69) is 10.3 Å². The molecule has 3 rings (SSSR count). The van der Waals surface area contributed by atoms with Gasteiger partial charge >= 0.3 is 5.97 Å².